The molecule has 0 heterocycles. The maximum absolute atomic E-state index is 11.3. The first-order chi connectivity index (χ1) is 14.5. The van der Waals surface area contributed by atoms with Crippen molar-refractivity contribution in [2.45, 2.75) is 72.6 Å². The highest BCUT2D eigenvalue weighted by Crippen LogP contribution is 2.22. The van der Waals surface area contributed by atoms with Crippen LogP contribution in [-0.2, 0) is 9.53 Å². The summed E-state index contributed by atoms with van der Waals surface area (Å²) in [5.41, 5.74) is 2.48. The Morgan fingerprint density at radius 1 is 0.933 bits per heavy atom. The summed E-state index contributed by atoms with van der Waals surface area (Å²) in [6.45, 7) is 9.05. The van der Waals surface area contributed by atoms with Crippen LogP contribution in [0.2, 0.25) is 0 Å². The molecule has 0 saturated carbocycles. The smallest absolute Gasteiger partial charge is 0.305 e. The number of benzene rings is 1. The molecule has 1 aromatic carbocycles. The molecule has 2 heteroatoms. The summed E-state index contributed by atoms with van der Waals surface area (Å²) in [7, 11) is 1.45. The van der Waals surface area contributed by atoms with E-state index in [4.69, 9.17) is 4.74 Å². The van der Waals surface area contributed by atoms with Crippen LogP contribution in [0.5, 0.6) is 0 Å². The zero-order valence-corrected chi connectivity index (χ0v) is 19.8. The van der Waals surface area contributed by atoms with E-state index in [1.54, 1.807) is 0 Å². The summed E-state index contributed by atoms with van der Waals surface area (Å²) >= 11 is 0. The number of allylic oxidation sites excluding steroid dienone is 4. The minimum absolute atomic E-state index is 0.115. The van der Waals surface area contributed by atoms with Crippen LogP contribution in [-0.4, -0.2) is 13.1 Å². The molecule has 0 amide bonds. The lowest BCUT2D eigenvalue weighted by Gasteiger charge is -2.16. The summed E-state index contributed by atoms with van der Waals surface area (Å²) in [6.07, 6.45) is 21.0. The van der Waals surface area contributed by atoms with Gasteiger partial charge in [0, 0.05) is 6.42 Å². The van der Waals surface area contributed by atoms with Crippen LogP contribution in [0, 0.1) is 17.8 Å². The van der Waals surface area contributed by atoms with E-state index in [-0.39, 0.29) is 5.97 Å². The van der Waals surface area contributed by atoms with Gasteiger partial charge in [0.15, 0.2) is 0 Å². The molecule has 2 nitrogen and oxygen atoms in total. The number of ether oxygens (including phenoxy) is 1. The second-order valence-corrected chi connectivity index (χ2v) is 8.51. The van der Waals surface area contributed by atoms with Crippen LogP contribution in [0.1, 0.15) is 83.8 Å². The third-order valence-electron chi connectivity index (χ3n) is 5.83. The van der Waals surface area contributed by atoms with Gasteiger partial charge in [0.1, 0.15) is 0 Å². The molecule has 1 aromatic rings. The maximum atomic E-state index is 11.3. The Balaban J connectivity index is 2.60. The van der Waals surface area contributed by atoms with Gasteiger partial charge in [-0.2, -0.15) is 0 Å². The Hall–Kier alpha value is -2.09. The third-order valence-corrected chi connectivity index (χ3v) is 5.83. The standard InChI is InChI=1S/C28H42O2/c1-6-7-8-14-23(2)15-9-10-17-26-18-11-12-19-27(26)22-21-25(4)24(3)16-13-20-28(29)30-5/h9-12,15,17-19,21-25H,6-8,13-14,16,20H2,1-5H3/b15-9+,17-10+,22-21+/t23-,24+,25-/m1/s1. The summed E-state index contributed by atoms with van der Waals surface area (Å²) in [5.74, 6) is 1.52. The molecule has 0 spiro atoms. The van der Waals surface area contributed by atoms with E-state index in [2.05, 4.69) is 88.4 Å². The van der Waals surface area contributed by atoms with Gasteiger partial charge >= 0.3 is 5.97 Å². The molecule has 3 atom stereocenters. The van der Waals surface area contributed by atoms with Crippen LogP contribution in [0.4, 0.5) is 0 Å². The zero-order chi connectivity index (χ0) is 22.2. The molecule has 0 bridgehead atoms. The molecular formula is C28H42O2. The number of hydrogen-bond acceptors (Lipinski definition) is 2. The highest BCUT2D eigenvalue weighted by molar-refractivity contribution is 5.69. The molecule has 30 heavy (non-hydrogen) atoms. The topological polar surface area (TPSA) is 26.3 Å². The van der Waals surface area contributed by atoms with Gasteiger partial charge in [0.05, 0.1) is 7.11 Å². The van der Waals surface area contributed by atoms with E-state index < -0.39 is 0 Å². The number of hydrogen-bond donors (Lipinski definition) is 0. The fourth-order valence-corrected chi connectivity index (χ4v) is 3.42. The fourth-order valence-electron chi connectivity index (χ4n) is 3.42. The normalized spacial score (nSPS) is 15.1. The van der Waals surface area contributed by atoms with Crippen molar-refractivity contribution in [2.24, 2.45) is 17.8 Å². The quantitative estimate of drug-likeness (QED) is 0.176. The van der Waals surface area contributed by atoms with Crippen molar-refractivity contribution >= 4 is 18.1 Å². The number of carbonyl (C=O) groups is 1. The molecular weight excluding hydrogens is 368 g/mol. The number of rotatable bonds is 14. The lowest BCUT2D eigenvalue weighted by molar-refractivity contribution is -0.140. The molecule has 0 aromatic heterocycles. The fraction of sp³-hybridized carbons (Fsp3) is 0.536. The number of methoxy groups -OCH3 is 1. The van der Waals surface area contributed by atoms with Crippen molar-refractivity contribution in [3.63, 3.8) is 0 Å². The second-order valence-electron chi connectivity index (χ2n) is 8.51. The lowest BCUT2D eigenvalue weighted by Crippen LogP contribution is -2.07. The van der Waals surface area contributed by atoms with E-state index in [0.29, 0.717) is 24.2 Å². The van der Waals surface area contributed by atoms with Crippen LogP contribution in [0.3, 0.4) is 0 Å². The molecule has 0 N–H and O–H groups in total. The molecule has 1 rings (SSSR count). The van der Waals surface area contributed by atoms with Gasteiger partial charge in [-0.25, -0.2) is 0 Å². The average molecular weight is 411 g/mol. The molecule has 0 aliphatic heterocycles. The first-order valence-electron chi connectivity index (χ1n) is 11.7. The minimum Gasteiger partial charge on any atom is -0.469 e. The van der Waals surface area contributed by atoms with Crippen molar-refractivity contribution < 1.29 is 9.53 Å². The first-order valence-corrected chi connectivity index (χ1v) is 11.7. The summed E-state index contributed by atoms with van der Waals surface area (Å²) in [6, 6.07) is 8.52. The van der Waals surface area contributed by atoms with Gasteiger partial charge in [-0.1, -0.05) is 108 Å². The largest absolute Gasteiger partial charge is 0.469 e. The minimum atomic E-state index is -0.115. The maximum Gasteiger partial charge on any atom is 0.305 e. The summed E-state index contributed by atoms with van der Waals surface area (Å²) in [5, 5.41) is 0. The van der Waals surface area contributed by atoms with Gasteiger partial charge in [-0.05, 0) is 48.1 Å². The predicted octanol–water partition coefficient (Wildman–Crippen LogP) is 8.10. The van der Waals surface area contributed by atoms with E-state index in [1.807, 2.05) is 0 Å². The predicted molar refractivity (Wildman–Crippen MR) is 131 cm³/mol. The summed E-state index contributed by atoms with van der Waals surface area (Å²) in [4.78, 5) is 11.3. The van der Waals surface area contributed by atoms with E-state index in [1.165, 1.54) is 43.9 Å². The van der Waals surface area contributed by atoms with Crippen LogP contribution >= 0.6 is 0 Å². The number of unbranched alkanes of at least 4 members (excludes halogenated alkanes) is 2. The Kier molecular flexibility index (Phi) is 13.6. The van der Waals surface area contributed by atoms with Gasteiger partial charge in [0.25, 0.3) is 0 Å². The third kappa shape index (κ3) is 11.2. The van der Waals surface area contributed by atoms with Gasteiger partial charge in [-0.15, -0.1) is 0 Å². The van der Waals surface area contributed by atoms with E-state index in [9.17, 15) is 4.79 Å². The number of carbonyl (C=O) groups excluding carboxylic acids is 1. The van der Waals surface area contributed by atoms with Gasteiger partial charge in [-0.3, -0.25) is 4.79 Å². The Morgan fingerprint density at radius 2 is 1.63 bits per heavy atom. The molecule has 0 fully saturated rings. The Morgan fingerprint density at radius 3 is 2.30 bits per heavy atom. The summed E-state index contributed by atoms with van der Waals surface area (Å²) < 4.78 is 4.72. The van der Waals surface area contributed by atoms with Crippen molar-refractivity contribution in [3.05, 3.63) is 59.7 Å². The van der Waals surface area contributed by atoms with Gasteiger partial charge < -0.3 is 4.74 Å². The van der Waals surface area contributed by atoms with Crippen LogP contribution < -0.4 is 0 Å². The monoisotopic (exact) mass is 410 g/mol. The van der Waals surface area contributed by atoms with E-state index >= 15 is 0 Å². The Labute approximate surface area is 185 Å². The highest BCUT2D eigenvalue weighted by atomic mass is 16.5. The molecule has 166 valence electrons. The molecule has 0 unspecified atom stereocenters. The Bertz CT molecular complexity index is 684. The van der Waals surface area contributed by atoms with Crippen molar-refractivity contribution in [2.75, 3.05) is 7.11 Å². The highest BCUT2D eigenvalue weighted by Gasteiger charge is 2.10. The van der Waals surface area contributed by atoms with Crippen LogP contribution in [0.25, 0.3) is 12.2 Å². The zero-order valence-electron chi connectivity index (χ0n) is 19.8. The molecule has 0 aliphatic carbocycles. The van der Waals surface area contributed by atoms with Gasteiger partial charge in [0.2, 0.25) is 0 Å². The van der Waals surface area contributed by atoms with Crippen LogP contribution in [0.15, 0.2) is 48.6 Å². The lowest BCUT2D eigenvalue weighted by atomic mass is 9.90. The number of esters is 1. The average Bonchev–Trinajstić information content (AvgIpc) is 2.75. The van der Waals surface area contributed by atoms with Crippen molar-refractivity contribution in [1.82, 2.24) is 0 Å². The SMILES string of the molecule is CCCCC[C@@H](C)/C=C/C=C/c1ccccc1/C=C/[C@@H](C)[C@@H](C)CCCC(=O)OC. The second kappa shape index (κ2) is 15.7. The van der Waals surface area contributed by atoms with Crippen molar-refractivity contribution in [3.8, 4) is 0 Å². The van der Waals surface area contributed by atoms with E-state index in [0.717, 1.165) is 12.8 Å². The molecule has 0 radical (unpaired) electrons. The first kappa shape index (κ1) is 25.9. The molecule has 0 aliphatic rings. The molecule has 0 saturated heterocycles. The van der Waals surface area contributed by atoms with Crippen molar-refractivity contribution in [1.29, 1.82) is 0 Å².